The van der Waals surface area contributed by atoms with Crippen molar-refractivity contribution in [1.29, 1.82) is 0 Å². The summed E-state index contributed by atoms with van der Waals surface area (Å²) < 4.78 is 12.6. The standard InChI is InChI=1S/C34H55N5O5/c1-4-5-8-15-32(16-9-10-17-32)43-30(42)34-29(41)25-12-7-6-11-24(25)28(40)33(34,44-34)18-13-22(2)20-26(39-31(36)37-3)23-14-19-38-27(35)21-23/h13,23-27,38H,4-12,14-21,35H2,1-3H3,(H3,36,37,39). The Labute approximate surface area is 262 Å². The molecule has 2 aliphatic heterocycles. The number of nitrogens with two attached hydrogens (primary N) is 2. The van der Waals surface area contributed by atoms with Crippen molar-refractivity contribution in [3.63, 3.8) is 0 Å². The number of aliphatic imine (C=N–C) groups is 1. The number of guanidine groups is 1. The highest BCUT2D eigenvalue weighted by Crippen LogP contribution is 2.62. The van der Waals surface area contributed by atoms with Crippen LogP contribution in [0.5, 0.6) is 0 Å². The fourth-order valence-electron chi connectivity index (χ4n) is 8.69. The van der Waals surface area contributed by atoms with E-state index in [2.05, 4.69) is 22.5 Å². The summed E-state index contributed by atoms with van der Waals surface area (Å²) >= 11 is 0. The third-order valence-electron chi connectivity index (χ3n) is 11.3. The second-order valence-corrected chi connectivity index (χ2v) is 14.2. The molecule has 0 aromatic heterocycles. The molecule has 0 radical (unpaired) electrons. The van der Waals surface area contributed by atoms with E-state index in [1.807, 2.05) is 13.0 Å². The van der Waals surface area contributed by atoms with Crippen LogP contribution in [0.2, 0.25) is 0 Å². The first kappa shape index (κ1) is 33.1. The van der Waals surface area contributed by atoms with Crippen molar-refractivity contribution in [2.75, 3.05) is 13.6 Å². The van der Waals surface area contributed by atoms with Gasteiger partial charge in [0.25, 0.3) is 5.60 Å². The molecule has 6 N–H and O–H groups in total. The topological polar surface area (TPSA) is 161 Å². The summed E-state index contributed by atoms with van der Waals surface area (Å²) in [5, 5.41) is 6.67. The van der Waals surface area contributed by atoms with Crippen molar-refractivity contribution >= 4 is 23.5 Å². The van der Waals surface area contributed by atoms with Crippen LogP contribution in [0.3, 0.4) is 0 Å². The number of rotatable bonds is 12. The SMILES string of the molecule is CCCCCC1(OC(=O)C23OC2(CC=C(C)CC(NC(N)=NC)C2CCNC(N)C2)C(=O)C2CCCCC2C3=O)CCCC1. The predicted molar refractivity (Wildman–Crippen MR) is 170 cm³/mol. The Kier molecular flexibility index (Phi) is 10.2. The summed E-state index contributed by atoms with van der Waals surface area (Å²) in [6, 6.07) is 0.00667. The van der Waals surface area contributed by atoms with Crippen LogP contribution in [0.4, 0.5) is 0 Å². The Balaban J connectivity index is 1.39. The number of nitrogens with one attached hydrogen (secondary N) is 2. The van der Waals surface area contributed by atoms with E-state index >= 15 is 0 Å². The molecule has 246 valence electrons. The largest absolute Gasteiger partial charge is 0.457 e. The minimum absolute atomic E-state index is 0.00667. The van der Waals surface area contributed by atoms with Gasteiger partial charge in [-0.05, 0) is 90.0 Å². The fraction of sp³-hybridized carbons (Fsp3) is 0.824. The third kappa shape index (κ3) is 6.23. The second-order valence-electron chi connectivity index (χ2n) is 14.2. The number of ether oxygens (including phenoxy) is 2. The lowest BCUT2D eigenvalue weighted by molar-refractivity contribution is -0.171. The number of nitrogens with zero attached hydrogens (tertiary/aromatic N) is 1. The Hall–Kier alpha value is -2.30. The summed E-state index contributed by atoms with van der Waals surface area (Å²) in [6.07, 6.45) is 15.2. The van der Waals surface area contributed by atoms with Crippen LogP contribution in [-0.2, 0) is 23.9 Å². The van der Waals surface area contributed by atoms with Crippen LogP contribution < -0.4 is 22.1 Å². The summed E-state index contributed by atoms with van der Waals surface area (Å²) in [7, 11) is 1.66. The van der Waals surface area contributed by atoms with Gasteiger partial charge in [0.1, 0.15) is 5.60 Å². The fourth-order valence-corrected chi connectivity index (χ4v) is 8.69. The molecule has 7 unspecified atom stereocenters. The molecule has 7 atom stereocenters. The van der Waals surface area contributed by atoms with Crippen LogP contribution in [0.15, 0.2) is 16.6 Å². The molecule has 5 fully saturated rings. The van der Waals surface area contributed by atoms with E-state index in [-0.39, 0.29) is 42.0 Å². The monoisotopic (exact) mass is 613 g/mol. The molecule has 0 amide bonds. The van der Waals surface area contributed by atoms with Gasteiger partial charge < -0.3 is 31.6 Å². The zero-order valence-corrected chi connectivity index (χ0v) is 27.1. The zero-order chi connectivity index (χ0) is 31.5. The van der Waals surface area contributed by atoms with Crippen LogP contribution in [0.25, 0.3) is 0 Å². The quantitative estimate of drug-likeness (QED) is 0.0488. The number of epoxide rings is 1. The highest BCUT2D eigenvalue weighted by Gasteiger charge is 2.87. The Bertz CT molecular complexity index is 1150. The van der Waals surface area contributed by atoms with E-state index in [1.54, 1.807) is 7.05 Å². The molecule has 3 aliphatic carbocycles. The van der Waals surface area contributed by atoms with Gasteiger partial charge in [0, 0.05) is 31.3 Å². The number of piperidine rings is 1. The van der Waals surface area contributed by atoms with Gasteiger partial charge in [-0.3, -0.25) is 14.6 Å². The maximum atomic E-state index is 14.2. The highest BCUT2D eigenvalue weighted by molar-refractivity contribution is 6.23. The lowest BCUT2D eigenvalue weighted by atomic mass is 9.61. The summed E-state index contributed by atoms with van der Waals surface area (Å²) in [6.45, 7) is 5.01. The summed E-state index contributed by atoms with van der Waals surface area (Å²) in [5.41, 5.74) is 9.48. The van der Waals surface area contributed by atoms with E-state index < -0.39 is 28.7 Å². The smallest absolute Gasteiger partial charge is 0.350 e. The first-order chi connectivity index (χ1) is 21.1. The minimum Gasteiger partial charge on any atom is -0.457 e. The normalized spacial score (nSPS) is 35.9. The molecule has 5 aliphatic rings. The molecule has 10 nitrogen and oxygen atoms in total. The van der Waals surface area contributed by atoms with Gasteiger partial charge in [-0.2, -0.15) is 0 Å². The Morgan fingerprint density at radius 3 is 2.50 bits per heavy atom. The van der Waals surface area contributed by atoms with E-state index in [1.165, 1.54) is 0 Å². The number of Topliss-reactive ketones (excluding diaryl/α,β-unsaturated/α-hetero) is 2. The van der Waals surface area contributed by atoms with Crippen molar-refractivity contribution in [3.05, 3.63) is 11.6 Å². The predicted octanol–water partition coefficient (Wildman–Crippen LogP) is 3.80. The molecular formula is C34H55N5O5. The van der Waals surface area contributed by atoms with E-state index in [0.717, 1.165) is 89.2 Å². The minimum atomic E-state index is -1.82. The molecule has 0 spiro atoms. The molecule has 0 aromatic carbocycles. The van der Waals surface area contributed by atoms with E-state index in [4.69, 9.17) is 20.9 Å². The summed E-state index contributed by atoms with van der Waals surface area (Å²) in [4.78, 5) is 46.8. The molecule has 3 saturated carbocycles. The van der Waals surface area contributed by atoms with Gasteiger partial charge in [0.2, 0.25) is 0 Å². The van der Waals surface area contributed by atoms with E-state index in [9.17, 15) is 14.4 Å². The highest BCUT2D eigenvalue weighted by atomic mass is 16.7. The Morgan fingerprint density at radius 1 is 1.14 bits per heavy atom. The van der Waals surface area contributed by atoms with Gasteiger partial charge in [-0.25, -0.2) is 4.79 Å². The molecule has 0 aromatic rings. The van der Waals surface area contributed by atoms with Crippen molar-refractivity contribution in [1.82, 2.24) is 10.6 Å². The number of fused-ring (bicyclic) bond motifs is 2. The average Bonchev–Trinajstić information content (AvgIpc) is 3.54. The number of hydrogen-bond donors (Lipinski definition) is 4. The van der Waals surface area contributed by atoms with Gasteiger partial charge in [-0.15, -0.1) is 0 Å². The molecule has 2 heterocycles. The maximum absolute atomic E-state index is 14.2. The maximum Gasteiger partial charge on any atom is 0.350 e. The van der Waals surface area contributed by atoms with Crippen molar-refractivity contribution < 1.29 is 23.9 Å². The number of hydrogen-bond acceptors (Lipinski definition) is 8. The molecule has 10 heteroatoms. The lowest BCUT2D eigenvalue weighted by Crippen LogP contribution is -2.59. The molecule has 2 saturated heterocycles. The second kappa shape index (κ2) is 13.6. The van der Waals surface area contributed by atoms with E-state index in [0.29, 0.717) is 25.2 Å². The van der Waals surface area contributed by atoms with Gasteiger partial charge >= 0.3 is 5.97 Å². The number of unbranched alkanes of at least 4 members (excludes halogenated alkanes) is 2. The average molecular weight is 614 g/mol. The summed E-state index contributed by atoms with van der Waals surface area (Å²) in [5.74, 6) is -1.12. The van der Waals surface area contributed by atoms with Gasteiger partial charge in [0.05, 0.1) is 6.17 Å². The molecule has 44 heavy (non-hydrogen) atoms. The van der Waals surface area contributed by atoms with Crippen molar-refractivity contribution in [2.24, 2.45) is 34.2 Å². The van der Waals surface area contributed by atoms with Gasteiger partial charge in [0.15, 0.2) is 23.1 Å². The third-order valence-corrected chi connectivity index (χ3v) is 11.3. The number of carbonyl (C=O) groups is 3. The number of esters is 1. The van der Waals surface area contributed by atoms with Crippen LogP contribution in [0, 0.1) is 17.8 Å². The van der Waals surface area contributed by atoms with Crippen molar-refractivity contribution in [2.45, 2.75) is 146 Å². The Morgan fingerprint density at radius 2 is 1.84 bits per heavy atom. The van der Waals surface area contributed by atoms with Gasteiger partial charge in [-0.1, -0.05) is 44.3 Å². The zero-order valence-electron chi connectivity index (χ0n) is 27.1. The first-order valence-corrected chi connectivity index (χ1v) is 17.3. The van der Waals surface area contributed by atoms with Crippen LogP contribution in [0.1, 0.15) is 117 Å². The molecule has 5 rings (SSSR count). The number of carbonyl (C=O) groups excluding carboxylic acids is 3. The van der Waals surface area contributed by atoms with Crippen molar-refractivity contribution in [3.8, 4) is 0 Å². The van der Waals surface area contributed by atoms with Crippen LogP contribution >= 0.6 is 0 Å². The lowest BCUT2D eigenvalue weighted by Gasteiger charge is -2.38. The number of ketones is 2. The first-order valence-electron chi connectivity index (χ1n) is 17.3. The van der Waals surface area contributed by atoms with Crippen LogP contribution in [-0.4, -0.2) is 66.1 Å². The molecular weight excluding hydrogens is 558 g/mol. The molecule has 0 bridgehead atoms.